The summed E-state index contributed by atoms with van der Waals surface area (Å²) in [4.78, 5) is 27.2. The molecule has 4 rings (SSSR count). The number of nitrogens with one attached hydrogen (secondary N) is 1. The van der Waals surface area contributed by atoms with E-state index in [-0.39, 0.29) is 11.3 Å². The number of morpholine rings is 1. The van der Waals surface area contributed by atoms with Crippen molar-refractivity contribution in [2.24, 2.45) is 0 Å². The van der Waals surface area contributed by atoms with E-state index in [1.165, 1.54) is 18.2 Å². The van der Waals surface area contributed by atoms with Crippen LogP contribution in [-0.4, -0.2) is 57.4 Å². The number of hydrogen-bond donors (Lipinski definition) is 1. The van der Waals surface area contributed by atoms with Gasteiger partial charge < -0.3 is 15.0 Å². The van der Waals surface area contributed by atoms with Crippen LogP contribution in [0.4, 0.5) is 24.5 Å². The number of anilines is 2. The molecule has 2 aromatic rings. The third kappa shape index (κ3) is 4.81. The number of sulfonamides is 1. The van der Waals surface area contributed by atoms with E-state index in [1.54, 1.807) is 17.0 Å². The van der Waals surface area contributed by atoms with Gasteiger partial charge in [-0.2, -0.15) is 13.2 Å². The van der Waals surface area contributed by atoms with Crippen molar-refractivity contribution in [3.05, 3.63) is 59.2 Å². The van der Waals surface area contributed by atoms with Gasteiger partial charge in [0.25, 0.3) is 5.91 Å². The molecule has 2 aromatic carbocycles. The first-order valence-corrected chi connectivity index (χ1v) is 11.6. The topological polar surface area (TPSA) is 96.0 Å². The van der Waals surface area contributed by atoms with Crippen molar-refractivity contribution < 1.29 is 35.9 Å². The molecule has 2 aliphatic heterocycles. The van der Waals surface area contributed by atoms with Crippen molar-refractivity contribution >= 4 is 33.2 Å². The molecule has 0 aromatic heterocycles. The number of nitrogens with zero attached hydrogens (tertiary/aromatic N) is 2. The quantitative estimate of drug-likeness (QED) is 0.718. The maximum absolute atomic E-state index is 13.3. The molecule has 0 bridgehead atoms. The van der Waals surface area contributed by atoms with Crippen LogP contribution in [-0.2, 0) is 31.5 Å². The first kappa shape index (κ1) is 23.1. The number of hydrogen-bond acceptors (Lipinski definition) is 6. The van der Waals surface area contributed by atoms with Crippen LogP contribution < -0.4 is 10.2 Å². The van der Waals surface area contributed by atoms with Crippen LogP contribution >= 0.6 is 0 Å². The van der Waals surface area contributed by atoms with E-state index in [0.717, 1.165) is 12.1 Å². The van der Waals surface area contributed by atoms with Gasteiger partial charge in [0.1, 0.15) is 6.54 Å². The average molecular weight is 483 g/mol. The number of carbonyl (C=O) groups is 2. The van der Waals surface area contributed by atoms with Crippen LogP contribution in [0.2, 0.25) is 0 Å². The zero-order valence-corrected chi connectivity index (χ0v) is 18.1. The van der Waals surface area contributed by atoms with Gasteiger partial charge in [0, 0.05) is 18.7 Å². The van der Waals surface area contributed by atoms with E-state index in [1.807, 2.05) is 0 Å². The number of fused-ring (bicyclic) bond motifs is 1. The third-order valence-electron chi connectivity index (χ3n) is 5.38. The molecule has 0 saturated carbocycles. The Labute approximate surface area is 188 Å². The fourth-order valence-corrected chi connectivity index (χ4v) is 5.24. The second-order valence-electron chi connectivity index (χ2n) is 7.60. The van der Waals surface area contributed by atoms with Gasteiger partial charge in [0.05, 0.1) is 35.9 Å². The molecule has 0 radical (unpaired) electrons. The van der Waals surface area contributed by atoms with Crippen molar-refractivity contribution in [2.45, 2.75) is 11.9 Å². The highest BCUT2D eigenvalue weighted by atomic mass is 32.2. The summed E-state index contributed by atoms with van der Waals surface area (Å²) in [5, 5.41) is 2.37. The SMILES string of the molecule is O=C(CN1C(=O)c2ccccc2CS1(=O)=O)Nc1cc(C(F)(F)F)ccc1N1CCOCC1. The Kier molecular flexibility index (Phi) is 6.06. The molecule has 0 atom stereocenters. The molecule has 33 heavy (non-hydrogen) atoms. The summed E-state index contributed by atoms with van der Waals surface area (Å²) in [5.74, 6) is -2.24. The van der Waals surface area contributed by atoms with Gasteiger partial charge in [-0.25, -0.2) is 12.7 Å². The lowest BCUT2D eigenvalue weighted by atomic mass is 10.1. The van der Waals surface area contributed by atoms with Gasteiger partial charge in [-0.05, 0) is 29.8 Å². The van der Waals surface area contributed by atoms with Gasteiger partial charge in [0.2, 0.25) is 15.9 Å². The van der Waals surface area contributed by atoms with Crippen LogP contribution in [0.5, 0.6) is 0 Å². The molecular formula is C21H20F3N3O5S. The summed E-state index contributed by atoms with van der Waals surface area (Å²) >= 11 is 0. The van der Waals surface area contributed by atoms with E-state index in [9.17, 15) is 31.2 Å². The molecule has 1 saturated heterocycles. The maximum atomic E-state index is 13.3. The average Bonchev–Trinajstić information content (AvgIpc) is 2.76. The van der Waals surface area contributed by atoms with Gasteiger partial charge >= 0.3 is 6.18 Å². The van der Waals surface area contributed by atoms with Gasteiger partial charge in [0.15, 0.2) is 0 Å². The summed E-state index contributed by atoms with van der Waals surface area (Å²) in [6.45, 7) is 0.699. The Balaban J connectivity index is 1.60. The largest absolute Gasteiger partial charge is 0.416 e. The number of ether oxygens (including phenoxy) is 1. The van der Waals surface area contributed by atoms with Gasteiger partial charge in [-0.15, -0.1) is 0 Å². The summed E-state index contributed by atoms with van der Waals surface area (Å²) in [5.41, 5.74) is -0.262. The second-order valence-corrected chi connectivity index (χ2v) is 9.50. The van der Waals surface area contributed by atoms with E-state index in [4.69, 9.17) is 4.74 Å². The highest BCUT2D eigenvalue weighted by Crippen LogP contribution is 2.36. The van der Waals surface area contributed by atoms with Crippen molar-refractivity contribution in [1.82, 2.24) is 4.31 Å². The second kappa shape index (κ2) is 8.67. The lowest BCUT2D eigenvalue weighted by molar-refractivity contribution is -0.137. The molecule has 1 fully saturated rings. The monoisotopic (exact) mass is 483 g/mol. The van der Waals surface area contributed by atoms with E-state index in [0.29, 0.717) is 41.9 Å². The summed E-state index contributed by atoms with van der Waals surface area (Å²) in [6.07, 6.45) is -4.64. The first-order chi connectivity index (χ1) is 15.6. The summed E-state index contributed by atoms with van der Waals surface area (Å²) in [7, 11) is -4.12. The van der Waals surface area contributed by atoms with E-state index < -0.39 is 45.9 Å². The lowest BCUT2D eigenvalue weighted by Gasteiger charge is -2.31. The lowest BCUT2D eigenvalue weighted by Crippen LogP contribution is -2.46. The zero-order valence-electron chi connectivity index (χ0n) is 17.3. The van der Waals surface area contributed by atoms with Crippen molar-refractivity contribution in [2.75, 3.05) is 43.1 Å². The van der Waals surface area contributed by atoms with Crippen LogP contribution in [0.15, 0.2) is 42.5 Å². The number of carbonyl (C=O) groups excluding carboxylic acids is 2. The van der Waals surface area contributed by atoms with Crippen molar-refractivity contribution in [1.29, 1.82) is 0 Å². The predicted molar refractivity (Wildman–Crippen MR) is 113 cm³/mol. The number of rotatable bonds is 4. The smallest absolute Gasteiger partial charge is 0.378 e. The summed E-state index contributed by atoms with van der Waals surface area (Å²) in [6, 6.07) is 9.11. The van der Waals surface area contributed by atoms with E-state index >= 15 is 0 Å². The van der Waals surface area contributed by atoms with Crippen molar-refractivity contribution in [3.8, 4) is 0 Å². The summed E-state index contributed by atoms with van der Waals surface area (Å²) < 4.78 is 70.7. The molecule has 176 valence electrons. The minimum absolute atomic E-state index is 0.126. The molecule has 1 N–H and O–H groups in total. The molecular weight excluding hydrogens is 463 g/mol. The minimum Gasteiger partial charge on any atom is -0.378 e. The molecule has 0 aliphatic carbocycles. The number of amides is 2. The highest BCUT2D eigenvalue weighted by Gasteiger charge is 2.37. The molecule has 8 nitrogen and oxygen atoms in total. The maximum Gasteiger partial charge on any atom is 0.416 e. The minimum atomic E-state index is -4.64. The number of halogens is 3. The zero-order chi connectivity index (χ0) is 23.8. The normalized spacial score (nSPS) is 18.1. The van der Waals surface area contributed by atoms with Gasteiger partial charge in [-0.3, -0.25) is 9.59 Å². The Morgan fingerprint density at radius 2 is 1.79 bits per heavy atom. The van der Waals surface area contributed by atoms with Crippen LogP contribution in [0.1, 0.15) is 21.5 Å². The van der Waals surface area contributed by atoms with Gasteiger partial charge in [-0.1, -0.05) is 18.2 Å². The fraction of sp³-hybridized carbons (Fsp3) is 0.333. The number of alkyl halides is 3. The third-order valence-corrected chi connectivity index (χ3v) is 7.03. The molecule has 2 heterocycles. The molecule has 12 heteroatoms. The molecule has 2 amide bonds. The highest BCUT2D eigenvalue weighted by molar-refractivity contribution is 7.89. The Morgan fingerprint density at radius 3 is 2.48 bits per heavy atom. The Bertz CT molecular complexity index is 1190. The molecule has 0 spiro atoms. The molecule has 2 aliphatic rings. The fourth-order valence-electron chi connectivity index (χ4n) is 3.77. The van der Waals surface area contributed by atoms with Crippen LogP contribution in [0.3, 0.4) is 0 Å². The predicted octanol–water partition coefficient (Wildman–Crippen LogP) is 2.47. The van der Waals surface area contributed by atoms with Crippen molar-refractivity contribution in [3.63, 3.8) is 0 Å². The van der Waals surface area contributed by atoms with Crippen LogP contribution in [0.25, 0.3) is 0 Å². The Hall–Kier alpha value is -3.12. The number of benzene rings is 2. The Morgan fingerprint density at radius 1 is 1.09 bits per heavy atom. The van der Waals surface area contributed by atoms with E-state index in [2.05, 4.69) is 5.32 Å². The molecule has 0 unspecified atom stereocenters. The first-order valence-electron chi connectivity index (χ1n) is 10.0. The standard InChI is InChI=1S/C21H20F3N3O5S/c22-21(23,24)15-5-6-18(26-7-9-32-10-8-26)17(11-15)25-19(28)12-27-20(29)16-4-2-1-3-14(16)13-33(27,30)31/h1-6,11H,7-10,12-13H2,(H,25,28). The van der Waals surface area contributed by atoms with Crippen LogP contribution in [0, 0.1) is 0 Å².